The second kappa shape index (κ2) is 3.23. The fraction of sp³-hybridized carbons (Fsp3) is 0. The van der Waals surface area contributed by atoms with Gasteiger partial charge in [-0.15, -0.1) is 0 Å². The van der Waals surface area contributed by atoms with Crippen LogP contribution in [0.2, 0.25) is 0 Å². The monoisotopic (exact) mass is 171 g/mol. The predicted molar refractivity (Wildman–Crippen MR) is 51.4 cm³/mol. The molecule has 1 aliphatic rings. The molecule has 0 saturated heterocycles. The number of rotatable bonds is 1. The Hall–Kier alpha value is -1.90. The first-order chi connectivity index (χ1) is 6.40. The third-order valence-corrected chi connectivity index (χ3v) is 1.77. The van der Waals surface area contributed by atoms with E-state index < -0.39 is 0 Å². The number of para-hydroxylation sites is 1. The molecule has 0 unspecified atom stereocenters. The highest BCUT2D eigenvalue weighted by molar-refractivity contribution is 5.92. The van der Waals surface area contributed by atoms with Crippen LogP contribution in [0.1, 0.15) is 5.56 Å². The summed E-state index contributed by atoms with van der Waals surface area (Å²) in [5.41, 5.74) is 2.18. The van der Waals surface area contributed by atoms with Crippen LogP contribution in [0.4, 0.5) is 5.69 Å². The first kappa shape index (κ1) is 7.73. The summed E-state index contributed by atoms with van der Waals surface area (Å²) < 4.78 is 0. The van der Waals surface area contributed by atoms with Crippen molar-refractivity contribution in [2.24, 2.45) is 4.99 Å². The number of nitrogens with zero attached hydrogens (tertiary/aromatic N) is 1. The van der Waals surface area contributed by atoms with E-state index in [0.29, 0.717) is 0 Å². The van der Waals surface area contributed by atoms with Crippen molar-refractivity contribution in [1.82, 2.24) is 0 Å². The van der Waals surface area contributed by atoms with Crippen molar-refractivity contribution in [2.75, 3.05) is 5.32 Å². The topological polar surface area (TPSA) is 41.5 Å². The van der Waals surface area contributed by atoms with E-state index in [1.165, 1.54) is 6.20 Å². The van der Waals surface area contributed by atoms with Gasteiger partial charge in [0, 0.05) is 23.7 Å². The van der Waals surface area contributed by atoms with Crippen LogP contribution in [-0.2, 0) is 4.79 Å². The molecule has 1 heterocycles. The van der Waals surface area contributed by atoms with Crippen LogP contribution in [0.3, 0.4) is 0 Å². The van der Waals surface area contributed by atoms with Gasteiger partial charge in [0.05, 0.1) is 0 Å². The number of aliphatic imine (C=N–C) groups is 1. The highest BCUT2D eigenvalue weighted by atomic mass is 16.1. The summed E-state index contributed by atoms with van der Waals surface area (Å²) in [6.07, 6.45) is 4.91. The molecule has 3 heteroatoms. The Morgan fingerprint density at radius 1 is 1.31 bits per heavy atom. The van der Waals surface area contributed by atoms with E-state index in [4.69, 9.17) is 0 Å². The minimum absolute atomic E-state index is 0.274. The molecule has 2 rings (SSSR count). The van der Waals surface area contributed by atoms with E-state index in [1.54, 1.807) is 12.5 Å². The molecule has 1 aliphatic heterocycles. The summed E-state index contributed by atoms with van der Waals surface area (Å²) >= 11 is 0. The maximum atomic E-state index is 10.3. The lowest BCUT2D eigenvalue weighted by molar-refractivity contribution is 0.561. The number of nitrogens with one attached hydrogen (secondary N) is 1. The van der Waals surface area contributed by atoms with E-state index in [9.17, 15) is 4.79 Å². The molecule has 0 saturated carbocycles. The van der Waals surface area contributed by atoms with Crippen LogP contribution in [0.15, 0.2) is 41.2 Å². The Morgan fingerprint density at radius 2 is 2.15 bits per heavy atom. The molecule has 1 N–H and O–H groups in total. The van der Waals surface area contributed by atoms with E-state index >= 15 is 0 Å². The molecule has 1 radical (unpaired) electrons. The van der Waals surface area contributed by atoms with Gasteiger partial charge in [-0.3, -0.25) is 9.79 Å². The molecular formula is C10H7N2O. The summed E-state index contributed by atoms with van der Waals surface area (Å²) in [4.78, 5) is 14.2. The molecule has 0 atom stereocenters. The van der Waals surface area contributed by atoms with Crippen molar-refractivity contribution in [3.63, 3.8) is 0 Å². The van der Waals surface area contributed by atoms with Gasteiger partial charge in [0.25, 0.3) is 6.29 Å². The molecule has 0 amide bonds. The van der Waals surface area contributed by atoms with Crippen molar-refractivity contribution in [3.05, 3.63) is 41.7 Å². The van der Waals surface area contributed by atoms with Gasteiger partial charge >= 0.3 is 0 Å². The highest BCUT2D eigenvalue weighted by Crippen LogP contribution is 2.15. The smallest absolute Gasteiger partial charge is 0.255 e. The SMILES string of the molecule is O=[C]C1=CNc2ccccc2C=N1. The zero-order valence-corrected chi connectivity index (χ0v) is 6.82. The molecule has 0 bridgehead atoms. The number of hydrogen-bond donors (Lipinski definition) is 1. The van der Waals surface area contributed by atoms with Crippen molar-refractivity contribution in [3.8, 4) is 0 Å². The molecule has 13 heavy (non-hydrogen) atoms. The summed E-state index contributed by atoms with van der Waals surface area (Å²) in [5, 5.41) is 2.98. The number of allylic oxidation sites excluding steroid dienone is 1. The molecule has 63 valence electrons. The van der Waals surface area contributed by atoms with Crippen molar-refractivity contribution < 1.29 is 4.79 Å². The van der Waals surface area contributed by atoms with E-state index in [0.717, 1.165) is 11.3 Å². The minimum atomic E-state index is 0.274. The average Bonchev–Trinajstić information content (AvgIpc) is 2.39. The van der Waals surface area contributed by atoms with Crippen LogP contribution in [0.5, 0.6) is 0 Å². The first-order valence-electron chi connectivity index (χ1n) is 3.88. The standard InChI is InChI=1S/C10H7N2O/c13-7-9-6-12-10-4-2-1-3-8(10)5-11-9/h1-6,12H. The zero-order chi connectivity index (χ0) is 9.10. The first-order valence-corrected chi connectivity index (χ1v) is 3.88. The van der Waals surface area contributed by atoms with Gasteiger partial charge in [0.15, 0.2) is 0 Å². The van der Waals surface area contributed by atoms with E-state index in [1.807, 2.05) is 24.3 Å². The van der Waals surface area contributed by atoms with E-state index in [-0.39, 0.29) is 5.70 Å². The summed E-state index contributed by atoms with van der Waals surface area (Å²) in [7, 11) is 0. The van der Waals surface area contributed by atoms with Gasteiger partial charge in [-0.1, -0.05) is 18.2 Å². The lowest BCUT2D eigenvalue weighted by Gasteiger charge is -2.01. The summed E-state index contributed by atoms with van der Waals surface area (Å²) in [6.45, 7) is 0. The molecule has 0 aromatic heterocycles. The van der Waals surface area contributed by atoms with Crippen molar-refractivity contribution >= 4 is 18.2 Å². The molecule has 1 aromatic rings. The Kier molecular flexibility index (Phi) is 1.92. The zero-order valence-electron chi connectivity index (χ0n) is 6.82. The molecule has 0 fully saturated rings. The molecular weight excluding hydrogens is 164 g/mol. The van der Waals surface area contributed by atoms with Gasteiger partial charge in [-0.2, -0.15) is 0 Å². The number of anilines is 1. The van der Waals surface area contributed by atoms with Crippen LogP contribution in [-0.4, -0.2) is 12.5 Å². The van der Waals surface area contributed by atoms with Crippen molar-refractivity contribution in [1.29, 1.82) is 0 Å². The number of benzene rings is 1. The Balaban J connectivity index is 2.44. The molecule has 3 nitrogen and oxygen atoms in total. The Bertz CT molecular complexity index is 394. The molecule has 1 aromatic carbocycles. The second-order valence-corrected chi connectivity index (χ2v) is 2.62. The maximum Gasteiger partial charge on any atom is 0.255 e. The van der Waals surface area contributed by atoms with E-state index in [2.05, 4.69) is 10.3 Å². The van der Waals surface area contributed by atoms with Gasteiger partial charge in [0.2, 0.25) is 0 Å². The van der Waals surface area contributed by atoms with Gasteiger partial charge in [-0.25, -0.2) is 0 Å². The van der Waals surface area contributed by atoms with Crippen LogP contribution in [0, 0.1) is 0 Å². The molecule has 0 aliphatic carbocycles. The normalized spacial score (nSPS) is 13.7. The fourth-order valence-electron chi connectivity index (χ4n) is 1.12. The minimum Gasteiger partial charge on any atom is -0.359 e. The fourth-order valence-corrected chi connectivity index (χ4v) is 1.12. The van der Waals surface area contributed by atoms with Crippen LogP contribution in [0.25, 0.3) is 0 Å². The Morgan fingerprint density at radius 3 is 3.00 bits per heavy atom. The molecule has 0 spiro atoms. The van der Waals surface area contributed by atoms with Gasteiger partial charge in [0.1, 0.15) is 5.70 Å². The highest BCUT2D eigenvalue weighted by Gasteiger charge is 2.02. The summed E-state index contributed by atoms with van der Waals surface area (Å²) in [5.74, 6) is 0. The van der Waals surface area contributed by atoms with Crippen LogP contribution < -0.4 is 5.32 Å². The average molecular weight is 171 g/mol. The third kappa shape index (κ3) is 1.49. The summed E-state index contributed by atoms with van der Waals surface area (Å²) in [6, 6.07) is 7.68. The number of carbonyl (C=O) groups excluding carboxylic acids is 1. The lowest BCUT2D eigenvalue weighted by Crippen LogP contribution is -1.91. The third-order valence-electron chi connectivity index (χ3n) is 1.77. The van der Waals surface area contributed by atoms with Gasteiger partial charge in [-0.05, 0) is 6.07 Å². The van der Waals surface area contributed by atoms with Crippen molar-refractivity contribution in [2.45, 2.75) is 0 Å². The second-order valence-electron chi connectivity index (χ2n) is 2.62. The maximum absolute atomic E-state index is 10.3. The van der Waals surface area contributed by atoms with Crippen LogP contribution >= 0.6 is 0 Å². The largest absolute Gasteiger partial charge is 0.359 e. The van der Waals surface area contributed by atoms with Gasteiger partial charge < -0.3 is 5.32 Å². The number of fused-ring (bicyclic) bond motifs is 1. The quantitative estimate of drug-likeness (QED) is 0.695. The number of hydrogen-bond acceptors (Lipinski definition) is 3. The lowest BCUT2D eigenvalue weighted by atomic mass is 10.2. The Labute approximate surface area is 75.8 Å². The predicted octanol–water partition coefficient (Wildman–Crippen LogP) is 1.48.